The number of hydrogen-bond donors (Lipinski definition) is 0. The third-order valence-corrected chi connectivity index (χ3v) is 0.535. The van der Waals surface area contributed by atoms with Crippen molar-refractivity contribution in [3.63, 3.8) is 0 Å². The standard InChI is InChI=1S/C3H4Cl2.C3H6/c4-2-1-3-5;1-3-2/h1-2H,3H2;3H,1H2,2H3. The van der Waals surface area contributed by atoms with Gasteiger partial charge in [-0.05, 0) is 6.92 Å². The first-order chi connectivity index (χ1) is 3.83. The SMILES string of the molecule is C=CC.ClC=CCCl. The minimum absolute atomic E-state index is 0.503. The van der Waals surface area contributed by atoms with Crippen LogP contribution in [0.4, 0.5) is 0 Å². The van der Waals surface area contributed by atoms with Gasteiger partial charge in [-0.1, -0.05) is 23.8 Å². The lowest BCUT2D eigenvalue weighted by Gasteiger charge is -1.61. The molecule has 0 heterocycles. The Balaban J connectivity index is 0. The lowest BCUT2D eigenvalue weighted by Crippen LogP contribution is -1.48. The van der Waals surface area contributed by atoms with E-state index in [1.54, 1.807) is 12.2 Å². The second-order valence-corrected chi connectivity index (χ2v) is 1.48. The van der Waals surface area contributed by atoms with E-state index in [0.29, 0.717) is 5.88 Å². The topological polar surface area (TPSA) is 0 Å². The van der Waals surface area contributed by atoms with Gasteiger partial charge in [-0.15, -0.1) is 18.2 Å². The molecule has 0 radical (unpaired) electrons. The zero-order valence-electron chi connectivity index (χ0n) is 4.90. The molecule has 0 aromatic rings. The summed E-state index contributed by atoms with van der Waals surface area (Å²) in [6, 6.07) is 0. The van der Waals surface area contributed by atoms with Crippen LogP contribution in [0.15, 0.2) is 24.3 Å². The third-order valence-electron chi connectivity index (χ3n) is 0.178. The van der Waals surface area contributed by atoms with Crippen LogP contribution in [-0.2, 0) is 0 Å². The van der Waals surface area contributed by atoms with Gasteiger partial charge in [0.1, 0.15) is 0 Å². The molecule has 0 unspecified atom stereocenters. The van der Waals surface area contributed by atoms with Gasteiger partial charge in [0.25, 0.3) is 0 Å². The maximum Gasteiger partial charge on any atom is 0.0415 e. The van der Waals surface area contributed by atoms with Gasteiger partial charge in [-0.25, -0.2) is 0 Å². The summed E-state index contributed by atoms with van der Waals surface area (Å²) < 4.78 is 0. The Morgan fingerprint density at radius 3 is 2.00 bits per heavy atom. The van der Waals surface area contributed by atoms with E-state index in [2.05, 4.69) is 6.58 Å². The Hall–Kier alpha value is 0.0600. The molecular weight excluding hydrogens is 143 g/mol. The van der Waals surface area contributed by atoms with Gasteiger partial charge < -0.3 is 0 Å². The molecule has 0 nitrogen and oxygen atoms in total. The van der Waals surface area contributed by atoms with Gasteiger partial charge in [-0.3, -0.25) is 0 Å². The molecule has 8 heavy (non-hydrogen) atoms. The van der Waals surface area contributed by atoms with Gasteiger partial charge in [0.15, 0.2) is 0 Å². The maximum atomic E-state index is 5.13. The lowest BCUT2D eigenvalue weighted by atomic mass is 10.8. The predicted octanol–water partition coefficient (Wildman–Crippen LogP) is 3.17. The minimum Gasteiger partial charge on any atom is -0.122 e. The third kappa shape index (κ3) is 36.6. The van der Waals surface area contributed by atoms with Crippen molar-refractivity contribution in [2.45, 2.75) is 6.92 Å². The van der Waals surface area contributed by atoms with Crippen LogP contribution in [0.3, 0.4) is 0 Å². The molecule has 0 bridgehead atoms. The van der Waals surface area contributed by atoms with Crippen LogP contribution in [0.2, 0.25) is 0 Å². The maximum absolute atomic E-state index is 5.13. The van der Waals surface area contributed by atoms with Gasteiger partial charge in [0, 0.05) is 11.4 Å². The molecule has 0 saturated carbocycles. The van der Waals surface area contributed by atoms with Gasteiger partial charge in [0.2, 0.25) is 0 Å². The first-order valence-corrected chi connectivity index (χ1v) is 3.18. The molecule has 0 aromatic heterocycles. The smallest absolute Gasteiger partial charge is 0.0415 e. The van der Waals surface area contributed by atoms with Gasteiger partial charge in [0.05, 0.1) is 0 Å². The van der Waals surface area contributed by atoms with Crippen molar-refractivity contribution < 1.29 is 0 Å². The van der Waals surface area contributed by atoms with Crippen LogP contribution in [0.25, 0.3) is 0 Å². The minimum atomic E-state index is 0.503. The molecule has 0 aromatic carbocycles. The van der Waals surface area contributed by atoms with E-state index < -0.39 is 0 Å². The van der Waals surface area contributed by atoms with E-state index in [-0.39, 0.29) is 0 Å². The van der Waals surface area contributed by atoms with Crippen molar-refractivity contribution in [2.75, 3.05) is 5.88 Å². The molecule has 0 amide bonds. The fourth-order valence-electron chi connectivity index (χ4n) is 0.0337. The second-order valence-electron chi connectivity index (χ2n) is 0.924. The van der Waals surface area contributed by atoms with Crippen molar-refractivity contribution in [1.82, 2.24) is 0 Å². The van der Waals surface area contributed by atoms with Crippen LogP contribution in [0, 0.1) is 0 Å². The molecule has 0 aliphatic rings. The first kappa shape index (κ1) is 10.9. The van der Waals surface area contributed by atoms with E-state index in [0.717, 1.165) is 0 Å². The Morgan fingerprint density at radius 2 is 2.00 bits per heavy atom. The number of allylic oxidation sites excluding steroid dienone is 2. The zero-order chi connectivity index (χ0) is 6.83. The van der Waals surface area contributed by atoms with Gasteiger partial charge >= 0.3 is 0 Å². The normalized spacial score (nSPS) is 7.88. The molecule has 0 saturated heterocycles. The first-order valence-electron chi connectivity index (χ1n) is 2.21. The second kappa shape index (κ2) is 15.7. The number of halogens is 2. The summed E-state index contributed by atoms with van der Waals surface area (Å²) in [7, 11) is 0. The van der Waals surface area contributed by atoms with Crippen molar-refractivity contribution in [2.24, 2.45) is 0 Å². The van der Waals surface area contributed by atoms with Gasteiger partial charge in [-0.2, -0.15) is 0 Å². The van der Waals surface area contributed by atoms with Crippen LogP contribution < -0.4 is 0 Å². The lowest BCUT2D eigenvalue weighted by molar-refractivity contribution is 1.79. The molecule has 0 fully saturated rings. The van der Waals surface area contributed by atoms with E-state index in [1.165, 1.54) is 5.54 Å². The van der Waals surface area contributed by atoms with Crippen LogP contribution >= 0.6 is 23.2 Å². The van der Waals surface area contributed by atoms with E-state index >= 15 is 0 Å². The fraction of sp³-hybridized carbons (Fsp3) is 0.333. The molecule has 0 atom stereocenters. The highest BCUT2D eigenvalue weighted by molar-refractivity contribution is 6.26. The summed E-state index contributed by atoms with van der Waals surface area (Å²) >= 11 is 10.2. The Labute approximate surface area is 60.8 Å². The Kier molecular flexibility index (Phi) is 21.5. The van der Waals surface area contributed by atoms with E-state index in [1.807, 2.05) is 6.92 Å². The molecule has 0 aliphatic heterocycles. The summed E-state index contributed by atoms with van der Waals surface area (Å²) in [5.41, 5.74) is 1.40. The molecule has 0 rings (SSSR count). The Morgan fingerprint density at radius 1 is 1.62 bits per heavy atom. The molecule has 0 aliphatic carbocycles. The highest BCUT2D eigenvalue weighted by Gasteiger charge is 1.56. The molecule has 48 valence electrons. The summed E-state index contributed by atoms with van der Waals surface area (Å²) in [4.78, 5) is 0. The predicted molar refractivity (Wildman–Crippen MR) is 41.6 cm³/mol. The molecule has 0 N–H and O–H groups in total. The quantitative estimate of drug-likeness (QED) is 0.401. The van der Waals surface area contributed by atoms with E-state index in [4.69, 9.17) is 23.2 Å². The summed E-state index contributed by atoms with van der Waals surface area (Å²) in [6.07, 6.45) is 3.41. The summed E-state index contributed by atoms with van der Waals surface area (Å²) in [6.45, 7) is 5.25. The zero-order valence-corrected chi connectivity index (χ0v) is 6.41. The Bertz CT molecular complexity index is 57.5. The largest absolute Gasteiger partial charge is 0.122 e. The molecule has 2 heteroatoms. The van der Waals surface area contributed by atoms with Crippen molar-refractivity contribution in [3.05, 3.63) is 24.3 Å². The fourth-order valence-corrected chi connectivity index (χ4v) is 0.303. The summed E-state index contributed by atoms with van der Waals surface area (Å²) in [5.74, 6) is 0.503. The number of alkyl halides is 1. The number of hydrogen-bond acceptors (Lipinski definition) is 0. The van der Waals surface area contributed by atoms with Crippen molar-refractivity contribution in [1.29, 1.82) is 0 Å². The van der Waals surface area contributed by atoms with Crippen LogP contribution in [0.1, 0.15) is 6.92 Å². The summed E-state index contributed by atoms with van der Waals surface area (Å²) in [5, 5.41) is 0. The molecular formula is C6H10Cl2. The van der Waals surface area contributed by atoms with Crippen molar-refractivity contribution in [3.8, 4) is 0 Å². The average Bonchev–Trinajstić information content (AvgIpc) is 1.71. The van der Waals surface area contributed by atoms with Crippen molar-refractivity contribution >= 4 is 23.2 Å². The van der Waals surface area contributed by atoms with Crippen LogP contribution in [0.5, 0.6) is 0 Å². The highest BCUT2D eigenvalue weighted by Crippen LogP contribution is 1.79. The number of rotatable bonds is 1. The molecule has 0 spiro atoms. The highest BCUT2D eigenvalue weighted by atomic mass is 35.5. The van der Waals surface area contributed by atoms with E-state index in [9.17, 15) is 0 Å². The van der Waals surface area contributed by atoms with Crippen LogP contribution in [-0.4, -0.2) is 5.88 Å². The average molecular weight is 153 g/mol. The monoisotopic (exact) mass is 152 g/mol.